The van der Waals surface area contributed by atoms with Crippen LogP contribution in [0.1, 0.15) is 22.3 Å². The topological polar surface area (TPSA) is 102 Å². The Morgan fingerprint density at radius 2 is 1.79 bits per heavy atom. The summed E-state index contributed by atoms with van der Waals surface area (Å²) >= 11 is 7.24. The van der Waals surface area contributed by atoms with Gasteiger partial charge in [-0.1, -0.05) is 23.7 Å². The molecule has 2 N–H and O–H groups in total. The Labute approximate surface area is 197 Å². The number of ether oxygens (including phenoxy) is 1. The molecule has 0 aliphatic heterocycles. The molecule has 2 amide bonds. The largest absolute Gasteiger partial charge is 0.489 e. The molecule has 2 aromatic heterocycles. The Balaban J connectivity index is 1.23. The van der Waals surface area contributed by atoms with E-state index in [1.165, 1.54) is 22.2 Å². The number of hydrogen-bond donors (Lipinski definition) is 2. The van der Waals surface area contributed by atoms with Crippen molar-refractivity contribution in [2.24, 2.45) is 0 Å². The molecule has 0 unspecified atom stereocenters. The van der Waals surface area contributed by atoms with Crippen molar-refractivity contribution in [2.45, 2.75) is 19.6 Å². The maximum atomic E-state index is 12.3. The average molecular weight is 483 g/mol. The highest BCUT2D eigenvalue weighted by Crippen LogP contribution is 2.17. The monoisotopic (exact) mass is 482 g/mol. The first kappa shape index (κ1) is 22.5. The van der Waals surface area contributed by atoms with E-state index in [-0.39, 0.29) is 18.5 Å². The number of fused-ring (bicyclic) bond motifs is 1. The quantitative estimate of drug-likeness (QED) is 0.392. The van der Waals surface area contributed by atoms with Gasteiger partial charge in [0.05, 0.1) is 11.7 Å². The smallest absolute Gasteiger partial charge is 0.269 e. The van der Waals surface area contributed by atoms with Gasteiger partial charge >= 0.3 is 0 Å². The average Bonchev–Trinajstić information content (AvgIpc) is 3.32. The van der Waals surface area contributed by atoms with Gasteiger partial charge in [-0.05, 0) is 53.4 Å². The molecule has 0 atom stereocenters. The number of rotatable bonds is 7. The predicted molar refractivity (Wildman–Crippen MR) is 126 cm³/mol. The first-order valence-corrected chi connectivity index (χ1v) is 11.2. The highest BCUT2D eigenvalue weighted by molar-refractivity contribution is 7.16. The van der Waals surface area contributed by atoms with E-state index >= 15 is 0 Å². The zero-order chi connectivity index (χ0) is 23.2. The van der Waals surface area contributed by atoms with Gasteiger partial charge in [0.15, 0.2) is 0 Å². The van der Waals surface area contributed by atoms with Crippen LogP contribution in [0.2, 0.25) is 5.02 Å². The van der Waals surface area contributed by atoms with Crippen molar-refractivity contribution in [3.05, 3.63) is 92.8 Å². The summed E-state index contributed by atoms with van der Waals surface area (Å²) in [6.45, 7) is 0.493. The molecule has 4 rings (SSSR count). The molecule has 0 bridgehead atoms. The molecule has 0 saturated carbocycles. The molecule has 10 heteroatoms. The Bertz CT molecular complexity index is 1330. The first-order valence-electron chi connectivity index (χ1n) is 9.99. The van der Waals surface area contributed by atoms with Crippen molar-refractivity contribution in [3.63, 3.8) is 0 Å². The van der Waals surface area contributed by atoms with Crippen LogP contribution in [0.5, 0.6) is 5.75 Å². The highest BCUT2D eigenvalue weighted by Gasteiger charge is 2.10. The second kappa shape index (κ2) is 10.3. The fraction of sp³-hybridized carbons (Fsp3) is 0.130. The normalized spacial score (nSPS) is 10.7. The van der Waals surface area contributed by atoms with Crippen molar-refractivity contribution in [3.8, 4) is 5.75 Å². The Hall–Kier alpha value is -3.69. The van der Waals surface area contributed by atoms with Crippen LogP contribution in [0.3, 0.4) is 0 Å². The van der Waals surface area contributed by atoms with Crippen LogP contribution < -0.4 is 21.1 Å². The SMILES string of the molecule is O=C(CCn1cnc2sccc2c1=O)NNC(=O)c1ccc(COc2ccc(Cl)cc2)cc1. The van der Waals surface area contributed by atoms with Crippen molar-refractivity contribution < 1.29 is 14.3 Å². The molecular weight excluding hydrogens is 464 g/mol. The van der Waals surface area contributed by atoms with Gasteiger partial charge < -0.3 is 4.74 Å². The fourth-order valence-corrected chi connectivity index (χ4v) is 3.83. The van der Waals surface area contributed by atoms with E-state index in [1.54, 1.807) is 60.0 Å². The number of aromatic nitrogens is 2. The van der Waals surface area contributed by atoms with E-state index in [0.717, 1.165) is 5.56 Å². The molecule has 0 aliphatic rings. The third-order valence-corrected chi connectivity index (χ3v) is 5.85. The van der Waals surface area contributed by atoms with Crippen molar-refractivity contribution in [1.29, 1.82) is 0 Å². The second-order valence-electron chi connectivity index (χ2n) is 7.07. The van der Waals surface area contributed by atoms with Gasteiger partial charge in [0.1, 0.15) is 17.2 Å². The second-order valence-corrected chi connectivity index (χ2v) is 8.41. The Morgan fingerprint density at radius 1 is 1.03 bits per heavy atom. The van der Waals surface area contributed by atoms with Crippen molar-refractivity contribution in [1.82, 2.24) is 20.4 Å². The Kier molecular flexibility index (Phi) is 7.01. The standard InChI is InChI=1S/C23H19ClN4O4S/c24-17-5-7-18(8-6-17)32-13-15-1-3-16(4-2-15)21(30)27-26-20(29)9-11-28-14-25-22-19(23(28)31)10-12-33-22/h1-8,10,12,14H,9,11,13H2,(H,26,29)(H,27,30). The molecule has 2 aromatic carbocycles. The predicted octanol–water partition coefficient (Wildman–Crippen LogP) is 3.54. The van der Waals surface area contributed by atoms with Crippen LogP contribution >= 0.6 is 22.9 Å². The number of nitrogens with one attached hydrogen (secondary N) is 2. The van der Waals surface area contributed by atoms with Gasteiger partial charge in [0.2, 0.25) is 5.91 Å². The number of thiophene rings is 1. The number of hydrogen-bond acceptors (Lipinski definition) is 6. The summed E-state index contributed by atoms with van der Waals surface area (Å²) in [6.07, 6.45) is 1.43. The number of halogens is 1. The minimum Gasteiger partial charge on any atom is -0.489 e. The zero-order valence-corrected chi connectivity index (χ0v) is 18.9. The molecule has 2 heterocycles. The zero-order valence-electron chi connectivity index (χ0n) is 17.3. The van der Waals surface area contributed by atoms with Crippen molar-refractivity contribution in [2.75, 3.05) is 0 Å². The van der Waals surface area contributed by atoms with Gasteiger partial charge in [0, 0.05) is 23.6 Å². The number of amides is 2. The molecule has 0 spiro atoms. The van der Waals surface area contributed by atoms with Gasteiger partial charge in [-0.25, -0.2) is 4.98 Å². The van der Waals surface area contributed by atoms with Crippen LogP contribution in [0.4, 0.5) is 0 Å². The van der Waals surface area contributed by atoms with Crippen LogP contribution in [0.25, 0.3) is 10.2 Å². The molecule has 33 heavy (non-hydrogen) atoms. The van der Waals surface area contributed by atoms with E-state index in [4.69, 9.17) is 16.3 Å². The maximum Gasteiger partial charge on any atom is 0.269 e. The number of carbonyl (C=O) groups excluding carboxylic acids is 2. The third-order valence-electron chi connectivity index (χ3n) is 4.78. The number of hydrazine groups is 1. The van der Waals surface area contributed by atoms with Crippen LogP contribution in [0.15, 0.2) is 71.1 Å². The summed E-state index contributed by atoms with van der Waals surface area (Å²) in [5.41, 5.74) is 5.80. The summed E-state index contributed by atoms with van der Waals surface area (Å²) in [6, 6.07) is 15.6. The van der Waals surface area contributed by atoms with Gasteiger partial charge in [-0.3, -0.25) is 29.8 Å². The summed E-state index contributed by atoms with van der Waals surface area (Å²) in [7, 11) is 0. The summed E-state index contributed by atoms with van der Waals surface area (Å²) in [5.74, 6) is -0.182. The summed E-state index contributed by atoms with van der Waals surface area (Å²) in [4.78, 5) is 41.6. The molecule has 4 aromatic rings. The molecule has 8 nitrogen and oxygen atoms in total. The Morgan fingerprint density at radius 3 is 2.55 bits per heavy atom. The number of aryl methyl sites for hydroxylation is 1. The van der Waals surface area contributed by atoms with E-state index < -0.39 is 11.8 Å². The summed E-state index contributed by atoms with van der Waals surface area (Å²) < 4.78 is 7.05. The lowest BCUT2D eigenvalue weighted by atomic mass is 10.1. The lowest BCUT2D eigenvalue weighted by Crippen LogP contribution is -2.42. The van der Waals surface area contributed by atoms with E-state index in [2.05, 4.69) is 15.8 Å². The minimum atomic E-state index is -0.452. The number of carbonyl (C=O) groups is 2. The highest BCUT2D eigenvalue weighted by atomic mass is 35.5. The third kappa shape index (κ3) is 5.76. The molecule has 0 saturated heterocycles. The van der Waals surface area contributed by atoms with Gasteiger partial charge in [0.25, 0.3) is 11.5 Å². The fourth-order valence-electron chi connectivity index (χ4n) is 2.99. The van der Waals surface area contributed by atoms with Crippen LogP contribution in [0, 0.1) is 0 Å². The maximum absolute atomic E-state index is 12.3. The van der Waals surface area contributed by atoms with E-state index in [1.807, 2.05) is 0 Å². The van der Waals surface area contributed by atoms with Gasteiger partial charge in [-0.2, -0.15) is 0 Å². The molecule has 0 aliphatic carbocycles. The van der Waals surface area contributed by atoms with Gasteiger partial charge in [-0.15, -0.1) is 11.3 Å². The van der Waals surface area contributed by atoms with Crippen LogP contribution in [-0.2, 0) is 17.9 Å². The van der Waals surface area contributed by atoms with Crippen LogP contribution in [-0.4, -0.2) is 21.4 Å². The molecule has 168 valence electrons. The first-order chi connectivity index (χ1) is 16.0. The van der Waals surface area contributed by atoms with Crippen molar-refractivity contribution >= 4 is 45.0 Å². The summed E-state index contributed by atoms with van der Waals surface area (Å²) in [5, 5.41) is 2.96. The minimum absolute atomic E-state index is 0.0124. The number of nitrogens with zero attached hydrogens (tertiary/aromatic N) is 2. The lowest BCUT2D eigenvalue weighted by Gasteiger charge is -2.09. The van der Waals surface area contributed by atoms with E-state index in [9.17, 15) is 14.4 Å². The molecule has 0 radical (unpaired) electrons. The number of benzene rings is 2. The lowest BCUT2D eigenvalue weighted by molar-refractivity contribution is -0.122. The van der Waals surface area contributed by atoms with E-state index in [0.29, 0.717) is 33.2 Å². The molecule has 0 fully saturated rings. The molecular formula is C23H19ClN4O4S.